The third kappa shape index (κ3) is 3.29. The number of hydrogen-bond donors (Lipinski definition) is 1. The number of halogens is 1. The van der Waals surface area contributed by atoms with E-state index in [0.717, 1.165) is 19.1 Å². The van der Waals surface area contributed by atoms with Crippen molar-refractivity contribution >= 4 is 27.3 Å². The molecule has 0 saturated carbocycles. The summed E-state index contributed by atoms with van der Waals surface area (Å²) in [5, 5.41) is 3.43. The van der Waals surface area contributed by atoms with Crippen molar-refractivity contribution in [2.75, 3.05) is 20.3 Å². The summed E-state index contributed by atoms with van der Waals surface area (Å²) in [4.78, 5) is 1.43. The van der Waals surface area contributed by atoms with Crippen molar-refractivity contribution in [3.63, 3.8) is 0 Å². The van der Waals surface area contributed by atoms with Gasteiger partial charge in [-0.15, -0.1) is 11.3 Å². The monoisotopic (exact) mass is 303 g/mol. The van der Waals surface area contributed by atoms with Crippen molar-refractivity contribution in [1.82, 2.24) is 5.32 Å². The fraction of sp³-hybridized carbons (Fsp3) is 0.667. The highest BCUT2D eigenvalue weighted by molar-refractivity contribution is 9.11. The van der Waals surface area contributed by atoms with E-state index in [4.69, 9.17) is 4.74 Å². The first kappa shape index (κ1) is 12.6. The minimum absolute atomic E-state index is 0.499. The maximum absolute atomic E-state index is 5.40. The van der Waals surface area contributed by atoms with Gasteiger partial charge in [0, 0.05) is 24.1 Å². The lowest BCUT2D eigenvalue weighted by molar-refractivity contribution is 0.0609. The second kappa shape index (κ2) is 6.15. The fourth-order valence-corrected chi connectivity index (χ4v) is 3.75. The molecule has 1 aromatic heterocycles. The van der Waals surface area contributed by atoms with Gasteiger partial charge in [-0.25, -0.2) is 0 Å². The quantitative estimate of drug-likeness (QED) is 0.918. The molecule has 0 spiro atoms. The zero-order valence-corrected chi connectivity index (χ0v) is 11.9. The van der Waals surface area contributed by atoms with E-state index in [1.165, 1.54) is 27.9 Å². The van der Waals surface area contributed by atoms with Gasteiger partial charge in [-0.05, 0) is 60.3 Å². The molecule has 0 aromatic carbocycles. The molecule has 1 aromatic rings. The average Bonchev–Trinajstić information content (AvgIpc) is 2.74. The van der Waals surface area contributed by atoms with Crippen LogP contribution in [0.15, 0.2) is 15.9 Å². The molecular formula is C12H18BrNOS. The van der Waals surface area contributed by atoms with Crippen molar-refractivity contribution < 1.29 is 4.74 Å². The van der Waals surface area contributed by atoms with Gasteiger partial charge in [0.15, 0.2) is 0 Å². The molecule has 0 radical (unpaired) electrons. The van der Waals surface area contributed by atoms with Gasteiger partial charge < -0.3 is 10.1 Å². The van der Waals surface area contributed by atoms with Crippen molar-refractivity contribution in [1.29, 1.82) is 0 Å². The van der Waals surface area contributed by atoms with E-state index in [9.17, 15) is 0 Å². The lowest BCUT2D eigenvalue weighted by Crippen LogP contribution is -2.23. The lowest BCUT2D eigenvalue weighted by atomic mass is 9.92. The highest BCUT2D eigenvalue weighted by Gasteiger charge is 2.20. The van der Waals surface area contributed by atoms with Gasteiger partial charge in [-0.2, -0.15) is 0 Å². The summed E-state index contributed by atoms with van der Waals surface area (Å²) >= 11 is 5.36. The molecule has 2 heterocycles. The zero-order valence-electron chi connectivity index (χ0n) is 9.54. The van der Waals surface area contributed by atoms with E-state index >= 15 is 0 Å². The van der Waals surface area contributed by atoms with Gasteiger partial charge in [0.2, 0.25) is 0 Å². The molecule has 1 unspecified atom stereocenters. The van der Waals surface area contributed by atoms with Crippen LogP contribution in [0.5, 0.6) is 0 Å². The molecule has 1 atom stereocenters. The summed E-state index contributed by atoms with van der Waals surface area (Å²) < 4.78 is 6.62. The van der Waals surface area contributed by atoms with Crippen LogP contribution in [-0.2, 0) is 4.74 Å². The summed E-state index contributed by atoms with van der Waals surface area (Å²) in [6, 6.07) is 4.85. The highest BCUT2D eigenvalue weighted by atomic mass is 79.9. The molecule has 1 fully saturated rings. The van der Waals surface area contributed by atoms with Gasteiger partial charge in [0.1, 0.15) is 0 Å². The minimum Gasteiger partial charge on any atom is -0.381 e. The van der Waals surface area contributed by atoms with Crippen LogP contribution < -0.4 is 5.32 Å². The third-order valence-corrected chi connectivity index (χ3v) is 4.93. The van der Waals surface area contributed by atoms with E-state index in [0.29, 0.717) is 6.04 Å². The van der Waals surface area contributed by atoms with Crippen molar-refractivity contribution in [3.05, 3.63) is 20.8 Å². The number of thiophene rings is 1. The molecule has 1 aliphatic rings. The summed E-state index contributed by atoms with van der Waals surface area (Å²) in [5.74, 6) is 0.812. The van der Waals surface area contributed by atoms with E-state index < -0.39 is 0 Å². The molecule has 1 aliphatic heterocycles. The maximum atomic E-state index is 5.40. The van der Waals surface area contributed by atoms with E-state index in [-0.39, 0.29) is 0 Å². The Hall–Kier alpha value is 0.1000. The third-order valence-electron chi connectivity index (χ3n) is 3.20. The molecule has 16 heavy (non-hydrogen) atoms. The SMILES string of the molecule is CNC(CC1CCOCC1)c1ccc(Br)s1. The Morgan fingerprint density at radius 2 is 2.25 bits per heavy atom. The Kier molecular flexibility index (Phi) is 4.82. The lowest BCUT2D eigenvalue weighted by Gasteiger charge is -2.26. The van der Waals surface area contributed by atoms with Crippen LogP contribution >= 0.6 is 27.3 Å². The molecule has 0 bridgehead atoms. The summed E-state index contributed by atoms with van der Waals surface area (Å²) in [5.41, 5.74) is 0. The summed E-state index contributed by atoms with van der Waals surface area (Å²) in [7, 11) is 2.05. The average molecular weight is 304 g/mol. The normalized spacial score (nSPS) is 19.9. The Balaban J connectivity index is 1.94. The fourth-order valence-electron chi connectivity index (χ4n) is 2.21. The van der Waals surface area contributed by atoms with E-state index in [2.05, 4.69) is 40.4 Å². The molecule has 0 aliphatic carbocycles. The standard InChI is InChI=1S/C12H18BrNOS/c1-14-10(11-2-3-12(13)16-11)8-9-4-6-15-7-5-9/h2-3,9-10,14H,4-8H2,1H3. The molecule has 2 nitrogen and oxygen atoms in total. The largest absolute Gasteiger partial charge is 0.381 e. The van der Waals surface area contributed by atoms with Crippen LogP contribution in [0.4, 0.5) is 0 Å². The Labute approximate surface area is 110 Å². The highest BCUT2D eigenvalue weighted by Crippen LogP contribution is 2.32. The number of hydrogen-bond acceptors (Lipinski definition) is 3. The first-order chi connectivity index (χ1) is 7.79. The number of ether oxygens (including phenoxy) is 1. The second-order valence-electron chi connectivity index (χ2n) is 4.27. The van der Waals surface area contributed by atoms with Gasteiger partial charge in [-0.3, -0.25) is 0 Å². The van der Waals surface area contributed by atoms with Gasteiger partial charge >= 0.3 is 0 Å². The molecule has 1 N–H and O–H groups in total. The Morgan fingerprint density at radius 1 is 1.50 bits per heavy atom. The topological polar surface area (TPSA) is 21.3 Å². The van der Waals surface area contributed by atoms with Gasteiger partial charge in [0.05, 0.1) is 3.79 Å². The zero-order chi connectivity index (χ0) is 11.4. The van der Waals surface area contributed by atoms with Gasteiger partial charge in [-0.1, -0.05) is 0 Å². The first-order valence-corrected chi connectivity index (χ1v) is 7.41. The number of nitrogens with one attached hydrogen (secondary N) is 1. The molecule has 1 saturated heterocycles. The summed E-state index contributed by atoms with van der Waals surface area (Å²) in [6.45, 7) is 1.88. The van der Waals surface area contributed by atoms with Crippen LogP contribution in [0.2, 0.25) is 0 Å². The maximum Gasteiger partial charge on any atom is 0.0701 e. The predicted octanol–water partition coefficient (Wildman–Crippen LogP) is 3.59. The Morgan fingerprint density at radius 3 is 2.81 bits per heavy atom. The molecule has 90 valence electrons. The summed E-state index contributed by atoms with van der Waals surface area (Å²) in [6.07, 6.45) is 3.66. The molecule has 2 rings (SSSR count). The van der Waals surface area contributed by atoms with Crippen LogP contribution in [0.1, 0.15) is 30.2 Å². The predicted molar refractivity (Wildman–Crippen MR) is 72.0 cm³/mol. The van der Waals surface area contributed by atoms with Crippen molar-refractivity contribution in [3.8, 4) is 0 Å². The molecule has 4 heteroatoms. The minimum atomic E-state index is 0.499. The molecule has 0 amide bonds. The second-order valence-corrected chi connectivity index (χ2v) is 6.77. The van der Waals surface area contributed by atoms with Crippen LogP contribution in [0.3, 0.4) is 0 Å². The first-order valence-electron chi connectivity index (χ1n) is 5.80. The molecular weight excluding hydrogens is 286 g/mol. The smallest absolute Gasteiger partial charge is 0.0701 e. The van der Waals surface area contributed by atoms with E-state index in [1.807, 2.05) is 11.3 Å². The van der Waals surface area contributed by atoms with Gasteiger partial charge in [0.25, 0.3) is 0 Å². The Bertz CT molecular complexity index is 323. The number of rotatable bonds is 4. The van der Waals surface area contributed by atoms with Crippen molar-refractivity contribution in [2.24, 2.45) is 5.92 Å². The van der Waals surface area contributed by atoms with Crippen LogP contribution in [0.25, 0.3) is 0 Å². The van der Waals surface area contributed by atoms with Crippen LogP contribution in [-0.4, -0.2) is 20.3 Å². The van der Waals surface area contributed by atoms with Crippen molar-refractivity contribution in [2.45, 2.75) is 25.3 Å². The van der Waals surface area contributed by atoms with E-state index in [1.54, 1.807) is 0 Å². The van der Waals surface area contributed by atoms with Crippen LogP contribution in [0, 0.1) is 5.92 Å².